The van der Waals surface area contributed by atoms with Crippen LogP contribution in [0.1, 0.15) is 17.9 Å². The van der Waals surface area contributed by atoms with Crippen molar-refractivity contribution in [3.8, 4) is 17.2 Å². The first-order valence-electron chi connectivity index (χ1n) is 10.2. The molecule has 0 unspecified atom stereocenters. The molecule has 1 atom stereocenters. The fraction of sp³-hybridized carbons (Fsp3) is 0.160. The van der Waals surface area contributed by atoms with Crippen LogP contribution in [0.15, 0.2) is 73.2 Å². The molecular formula is C25H23N5O4. The van der Waals surface area contributed by atoms with Crippen molar-refractivity contribution in [1.82, 2.24) is 20.3 Å². The molecule has 1 N–H and O–H groups in total. The first-order valence-corrected chi connectivity index (χ1v) is 10.2. The lowest BCUT2D eigenvalue weighted by atomic mass is 10.2. The highest BCUT2D eigenvalue weighted by Crippen LogP contribution is 2.33. The molecule has 2 aromatic heterocycles. The molecule has 2 aromatic carbocycles. The van der Waals surface area contributed by atoms with Gasteiger partial charge in [0, 0.05) is 37.8 Å². The minimum absolute atomic E-state index is 0. The third-order valence-electron chi connectivity index (χ3n) is 5.19. The van der Waals surface area contributed by atoms with Crippen molar-refractivity contribution in [3.63, 3.8) is 0 Å². The third kappa shape index (κ3) is 4.49. The number of fused-ring (bicyclic) bond motifs is 2. The standard InChI is InChI=1S/C24H19N5O4.CH4/c1-29-21-12-17-18(27-10-9-26-17)13-22(21)32-14-20(24(29)31)28-23(30)19-11-16(7-8-25-19)33-15-5-3-2-4-6-15;/h2-13,20H,14H2,1H3,(H,28,30);1H4/t20-;/m0./s1. The van der Waals surface area contributed by atoms with Crippen molar-refractivity contribution in [1.29, 1.82) is 0 Å². The number of para-hydroxylation sites is 1. The molecule has 1 aliphatic rings. The minimum Gasteiger partial charge on any atom is -0.489 e. The number of nitrogens with one attached hydrogen (secondary N) is 1. The van der Waals surface area contributed by atoms with Gasteiger partial charge in [0.15, 0.2) is 0 Å². The van der Waals surface area contributed by atoms with Gasteiger partial charge in [-0.2, -0.15) is 0 Å². The number of ether oxygens (including phenoxy) is 2. The molecule has 0 fully saturated rings. The van der Waals surface area contributed by atoms with Crippen LogP contribution < -0.4 is 19.7 Å². The number of aromatic nitrogens is 3. The molecule has 1 aliphatic heterocycles. The number of hydrogen-bond donors (Lipinski definition) is 1. The number of anilines is 1. The zero-order chi connectivity index (χ0) is 22.8. The predicted molar refractivity (Wildman–Crippen MR) is 127 cm³/mol. The van der Waals surface area contributed by atoms with E-state index in [4.69, 9.17) is 9.47 Å². The first kappa shape index (κ1) is 22.7. The van der Waals surface area contributed by atoms with Crippen molar-refractivity contribution in [2.45, 2.75) is 13.5 Å². The van der Waals surface area contributed by atoms with Crippen LogP contribution in [0.3, 0.4) is 0 Å². The number of carbonyl (C=O) groups is 2. The summed E-state index contributed by atoms with van der Waals surface area (Å²) in [5.74, 6) is 0.761. The van der Waals surface area contributed by atoms with Crippen LogP contribution in [0.5, 0.6) is 17.2 Å². The quantitative estimate of drug-likeness (QED) is 0.499. The molecule has 0 bridgehead atoms. The number of benzene rings is 2. The Morgan fingerprint density at radius 1 is 1.00 bits per heavy atom. The van der Waals surface area contributed by atoms with Crippen LogP contribution in [0.2, 0.25) is 0 Å². The summed E-state index contributed by atoms with van der Waals surface area (Å²) in [6.07, 6.45) is 4.65. The van der Waals surface area contributed by atoms with Gasteiger partial charge in [-0.3, -0.25) is 24.5 Å². The molecule has 172 valence electrons. The highest BCUT2D eigenvalue weighted by molar-refractivity contribution is 6.04. The van der Waals surface area contributed by atoms with Crippen LogP contribution in [0.25, 0.3) is 11.0 Å². The molecule has 34 heavy (non-hydrogen) atoms. The van der Waals surface area contributed by atoms with Crippen LogP contribution in [0, 0.1) is 0 Å². The van der Waals surface area contributed by atoms with E-state index in [0.717, 1.165) is 0 Å². The maximum Gasteiger partial charge on any atom is 0.270 e. The second-order valence-corrected chi connectivity index (χ2v) is 7.39. The van der Waals surface area contributed by atoms with E-state index in [9.17, 15) is 9.59 Å². The summed E-state index contributed by atoms with van der Waals surface area (Å²) in [7, 11) is 1.63. The number of hydrogen-bond acceptors (Lipinski definition) is 7. The maximum absolute atomic E-state index is 13.1. The van der Waals surface area contributed by atoms with Crippen molar-refractivity contribution >= 4 is 28.5 Å². The third-order valence-corrected chi connectivity index (χ3v) is 5.19. The molecule has 3 heterocycles. The van der Waals surface area contributed by atoms with E-state index in [1.807, 2.05) is 30.3 Å². The normalized spacial score (nSPS) is 14.9. The fourth-order valence-corrected chi connectivity index (χ4v) is 3.51. The van der Waals surface area contributed by atoms with E-state index in [1.54, 1.807) is 37.6 Å². The highest BCUT2D eigenvalue weighted by atomic mass is 16.5. The summed E-state index contributed by atoms with van der Waals surface area (Å²) in [6, 6.07) is 15.0. The Morgan fingerprint density at radius 2 is 1.74 bits per heavy atom. The lowest BCUT2D eigenvalue weighted by molar-refractivity contribution is -0.120. The monoisotopic (exact) mass is 457 g/mol. The minimum atomic E-state index is -0.903. The van der Waals surface area contributed by atoms with Gasteiger partial charge in [0.1, 0.15) is 35.6 Å². The average Bonchev–Trinajstić information content (AvgIpc) is 2.95. The van der Waals surface area contributed by atoms with Crippen molar-refractivity contribution in [2.75, 3.05) is 18.6 Å². The zero-order valence-corrected chi connectivity index (χ0v) is 17.6. The maximum atomic E-state index is 13.1. The van der Waals surface area contributed by atoms with Crippen LogP contribution in [-0.4, -0.2) is 46.5 Å². The molecule has 2 amide bonds. The molecule has 9 heteroatoms. The molecule has 4 aromatic rings. The molecular weight excluding hydrogens is 434 g/mol. The topological polar surface area (TPSA) is 107 Å². The molecule has 0 spiro atoms. The van der Waals surface area contributed by atoms with E-state index >= 15 is 0 Å². The fourth-order valence-electron chi connectivity index (χ4n) is 3.51. The van der Waals surface area contributed by atoms with E-state index in [-0.39, 0.29) is 25.6 Å². The molecule has 0 aliphatic carbocycles. The van der Waals surface area contributed by atoms with Gasteiger partial charge in [0.25, 0.3) is 11.8 Å². The van der Waals surface area contributed by atoms with Gasteiger partial charge in [-0.1, -0.05) is 25.6 Å². The van der Waals surface area contributed by atoms with E-state index in [1.165, 1.54) is 17.2 Å². The number of likely N-dealkylation sites (N-methyl/N-ethyl adjacent to an activating group) is 1. The Kier molecular flexibility index (Phi) is 6.35. The predicted octanol–water partition coefficient (Wildman–Crippen LogP) is 3.61. The van der Waals surface area contributed by atoms with E-state index < -0.39 is 11.9 Å². The second-order valence-electron chi connectivity index (χ2n) is 7.39. The largest absolute Gasteiger partial charge is 0.489 e. The van der Waals surface area contributed by atoms with E-state index in [0.29, 0.717) is 34.0 Å². The smallest absolute Gasteiger partial charge is 0.270 e. The summed E-state index contributed by atoms with van der Waals surface area (Å²) in [4.78, 5) is 40.1. The Labute approximate surface area is 196 Å². The van der Waals surface area contributed by atoms with Gasteiger partial charge in [0.2, 0.25) is 0 Å². The number of carbonyl (C=O) groups excluding carboxylic acids is 2. The average molecular weight is 457 g/mol. The van der Waals surface area contributed by atoms with Crippen LogP contribution in [-0.2, 0) is 4.79 Å². The van der Waals surface area contributed by atoms with E-state index in [2.05, 4.69) is 20.3 Å². The Balaban J connectivity index is 0.00000274. The van der Waals surface area contributed by atoms with Gasteiger partial charge < -0.3 is 19.7 Å². The Morgan fingerprint density at radius 3 is 2.50 bits per heavy atom. The summed E-state index contributed by atoms with van der Waals surface area (Å²) in [5, 5.41) is 2.72. The summed E-state index contributed by atoms with van der Waals surface area (Å²) < 4.78 is 11.6. The lowest BCUT2D eigenvalue weighted by Crippen LogP contribution is -2.49. The second kappa shape index (κ2) is 9.53. The number of nitrogens with zero attached hydrogens (tertiary/aromatic N) is 4. The summed E-state index contributed by atoms with van der Waals surface area (Å²) >= 11 is 0. The molecule has 9 nitrogen and oxygen atoms in total. The summed E-state index contributed by atoms with van der Waals surface area (Å²) in [5.41, 5.74) is 1.97. The number of amides is 2. The summed E-state index contributed by atoms with van der Waals surface area (Å²) in [6.45, 7) is -0.0338. The van der Waals surface area contributed by atoms with Crippen LogP contribution >= 0.6 is 0 Å². The first-order chi connectivity index (χ1) is 16.1. The van der Waals surface area contributed by atoms with Gasteiger partial charge in [-0.15, -0.1) is 0 Å². The van der Waals surface area contributed by atoms with Crippen LogP contribution in [0.4, 0.5) is 5.69 Å². The number of pyridine rings is 1. The Hall–Kier alpha value is -4.53. The zero-order valence-electron chi connectivity index (χ0n) is 17.6. The van der Waals surface area contributed by atoms with Gasteiger partial charge >= 0.3 is 0 Å². The molecule has 0 saturated carbocycles. The SMILES string of the molecule is C.CN1C(=O)[C@@H](NC(=O)c2cc(Oc3ccccc3)ccn2)COc2cc3nccnc3cc21. The number of rotatable bonds is 4. The van der Waals surface area contributed by atoms with Crippen molar-refractivity contribution in [3.05, 3.63) is 78.9 Å². The molecule has 5 rings (SSSR count). The highest BCUT2D eigenvalue weighted by Gasteiger charge is 2.31. The van der Waals surface area contributed by atoms with Gasteiger partial charge in [0.05, 0.1) is 16.7 Å². The van der Waals surface area contributed by atoms with Crippen molar-refractivity contribution in [2.24, 2.45) is 0 Å². The van der Waals surface area contributed by atoms with Crippen molar-refractivity contribution < 1.29 is 19.1 Å². The lowest BCUT2D eigenvalue weighted by Gasteiger charge is -2.20. The molecule has 0 saturated heterocycles. The molecule has 0 radical (unpaired) electrons. The van der Waals surface area contributed by atoms with Gasteiger partial charge in [-0.05, 0) is 24.3 Å². The Bertz CT molecular complexity index is 1350. The van der Waals surface area contributed by atoms with Gasteiger partial charge in [-0.25, -0.2) is 0 Å².